The van der Waals surface area contributed by atoms with Crippen molar-refractivity contribution in [3.05, 3.63) is 25.3 Å². The lowest BCUT2D eigenvalue weighted by atomic mass is 9.95. The summed E-state index contributed by atoms with van der Waals surface area (Å²) < 4.78 is 76.4. The molecule has 0 spiro atoms. The van der Waals surface area contributed by atoms with Crippen LogP contribution in [-0.4, -0.2) is 273 Å². The number of hydrogen-bond donors (Lipinski definition) is 7. The normalized spacial score (nSPS) is 31.6. The molecule has 0 bridgehead atoms. The SMILES string of the molecule is C.C=CCN(C(C)=O)[C@@H]1O[C@@H](COC(C)=O)[C@@H](O[C@@H]2OC(COC(C)=O)[C@@H](OC(C)=O)[C@H](OC(C)=O)C2OC(C)=O)C(OC(C)=O)C1OC(C)=O.CC(=O)OC(C)=O.[CH+]=CCN(C(C)=O)[C@@H]1O[C@@H](CO)[C@@H](O[C@@H]2OC(CO)[C@@H](O)[C@H](O)C2O)C(O)C1O. The van der Waals surface area contributed by atoms with Gasteiger partial charge in [0.15, 0.2) is 61.6 Å². The fraction of sp³-hybridized carbons (Fsp3) is 0.717. The third-order valence-corrected chi connectivity index (χ3v) is 12.2. The van der Waals surface area contributed by atoms with Crippen LogP contribution < -0.4 is 0 Å². The molecule has 34 nitrogen and oxygen atoms in total. The van der Waals surface area contributed by atoms with Crippen molar-refractivity contribution in [1.82, 2.24) is 9.80 Å². The minimum atomic E-state index is -1.83. The van der Waals surface area contributed by atoms with Crippen LogP contribution in [0.2, 0.25) is 0 Å². The highest BCUT2D eigenvalue weighted by Crippen LogP contribution is 2.37. The van der Waals surface area contributed by atoms with Crippen molar-refractivity contribution in [1.29, 1.82) is 0 Å². The maximum atomic E-state index is 12.7. The maximum absolute atomic E-state index is 12.7. The monoisotopic (exact) mass is 1260 g/mol. The summed E-state index contributed by atoms with van der Waals surface area (Å²) in [6, 6.07) is 0. The van der Waals surface area contributed by atoms with Crippen molar-refractivity contribution in [2.45, 2.75) is 206 Å². The molecule has 87 heavy (non-hydrogen) atoms. The Balaban J connectivity index is 0.000000857. The molecular weight excluding hydrogens is 1180 g/mol. The summed E-state index contributed by atoms with van der Waals surface area (Å²) in [5.41, 5.74) is 0. The van der Waals surface area contributed by atoms with Crippen molar-refractivity contribution >= 4 is 65.5 Å². The number of amides is 2. The first kappa shape index (κ1) is 78.3. The Morgan fingerprint density at radius 2 is 0.828 bits per heavy atom. The molecule has 4 aliphatic heterocycles. The number of rotatable bonds is 21. The van der Waals surface area contributed by atoms with Crippen molar-refractivity contribution in [2.24, 2.45) is 0 Å². The van der Waals surface area contributed by atoms with Crippen molar-refractivity contribution < 1.29 is 155 Å². The second-order valence-corrected chi connectivity index (χ2v) is 19.2. The van der Waals surface area contributed by atoms with E-state index in [1.54, 1.807) is 0 Å². The van der Waals surface area contributed by atoms with Crippen LogP contribution >= 0.6 is 0 Å². The first-order valence-electron chi connectivity index (χ1n) is 26.2. The van der Waals surface area contributed by atoms with Gasteiger partial charge < -0.3 is 112 Å². The molecule has 4 fully saturated rings. The molecule has 0 aromatic carbocycles. The zero-order chi connectivity index (χ0) is 65.6. The zero-order valence-corrected chi connectivity index (χ0v) is 49.0. The van der Waals surface area contributed by atoms with Gasteiger partial charge in [-0.05, 0) is 0 Å². The quantitative estimate of drug-likeness (QED) is 0.0188. The zero-order valence-electron chi connectivity index (χ0n) is 49.0. The topological polar surface area (TPSA) is 465 Å². The summed E-state index contributed by atoms with van der Waals surface area (Å²) in [7, 11) is 0. The first-order chi connectivity index (χ1) is 40.1. The van der Waals surface area contributed by atoms with Crippen molar-refractivity contribution in [2.75, 3.05) is 39.5 Å². The molecule has 20 atom stereocenters. The number of aliphatic hydroxyl groups is 7. The number of esters is 9. The largest absolute Gasteiger partial charge is 0.463 e. The molecule has 4 saturated heterocycles. The van der Waals surface area contributed by atoms with Crippen LogP contribution in [0.3, 0.4) is 0 Å². The molecule has 0 radical (unpaired) electrons. The van der Waals surface area contributed by atoms with Crippen molar-refractivity contribution in [3.8, 4) is 0 Å². The van der Waals surface area contributed by atoms with Gasteiger partial charge in [0.25, 0.3) is 0 Å². The van der Waals surface area contributed by atoms with Gasteiger partial charge in [-0.2, -0.15) is 0 Å². The summed E-state index contributed by atoms with van der Waals surface area (Å²) in [6.07, 6.45) is -28.7. The minimum absolute atomic E-state index is 0. The predicted octanol–water partition coefficient (Wildman–Crippen LogP) is -4.18. The molecule has 0 aliphatic carbocycles. The Kier molecular flexibility index (Phi) is 33.4. The predicted molar refractivity (Wildman–Crippen MR) is 283 cm³/mol. The lowest BCUT2D eigenvalue weighted by Gasteiger charge is -2.50. The number of carbonyl (C=O) groups is 11. The standard InChI is InChI=1S/C31H43NO18.C17H28NO11.C4H6O3.CH4/c1-10-11-32(14(2)33)30-28(46-20(8)39)26(44-18(6)37)25(22(48-30)12-41-15(3)34)50-31-29(47-21(9)40)27(45-19(7)38)24(43-17(5)36)23(49-31)13-42-16(4)35;1-3-4-18(7(2)21)16-13(25)12(24)15(9(6-20)27-16)29-17-14(26)11(23)10(22)8(5-19)28-17;1-3(5)7-4(2)6;/h10,22-31H,1,11-13H2,2-9H3;1,3,8-17,19-20,22-26H,4-6H2,2H3;1-2H3;1H4/q;+1;;/t22-,23?,24+,25+,26?,27-,28?,29?,30+,31-;8?,9-,10+,11-,12?,13?,14?,15+,16+,17-;;/m00../s1. The van der Waals surface area contributed by atoms with Gasteiger partial charge in [-0.25, -0.2) is 0 Å². The van der Waals surface area contributed by atoms with E-state index in [4.69, 9.17) is 68.2 Å². The van der Waals surface area contributed by atoms with Crippen LogP contribution in [0.5, 0.6) is 0 Å². The lowest BCUT2D eigenvalue weighted by Crippen LogP contribution is -2.69. The number of nitrogens with zero attached hydrogens (tertiary/aromatic N) is 2. The number of ether oxygens (including phenoxy) is 14. The fourth-order valence-corrected chi connectivity index (χ4v) is 8.85. The van der Waals surface area contributed by atoms with Gasteiger partial charge in [0.05, 0.1) is 19.8 Å². The van der Waals surface area contributed by atoms with Crippen molar-refractivity contribution in [3.63, 3.8) is 0 Å². The van der Waals surface area contributed by atoms with Crippen LogP contribution in [0, 0.1) is 6.58 Å². The summed E-state index contributed by atoms with van der Waals surface area (Å²) in [6.45, 7) is 18.3. The van der Waals surface area contributed by atoms with Gasteiger partial charge in [0, 0.05) is 82.7 Å². The van der Waals surface area contributed by atoms with E-state index in [9.17, 15) is 88.5 Å². The molecule has 4 aliphatic rings. The van der Waals surface area contributed by atoms with E-state index in [2.05, 4.69) is 11.3 Å². The average molecular weight is 1260 g/mol. The van der Waals surface area contributed by atoms with E-state index < -0.39 is 215 Å². The van der Waals surface area contributed by atoms with Crippen LogP contribution in [0.1, 0.15) is 83.6 Å². The average Bonchev–Trinajstić information content (AvgIpc) is 1.01. The van der Waals surface area contributed by atoms with E-state index in [1.807, 2.05) is 0 Å². The molecule has 4 rings (SSSR count). The Morgan fingerprint density at radius 3 is 1.24 bits per heavy atom. The molecule has 8 unspecified atom stereocenters. The van der Waals surface area contributed by atoms with Crippen LogP contribution in [0.25, 0.3) is 0 Å². The Labute approximate surface area is 500 Å². The molecule has 34 heteroatoms. The van der Waals surface area contributed by atoms with E-state index >= 15 is 0 Å². The summed E-state index contributed by atoms with van der Waals surface area (Å²) in [5, 5.41) is 69.6. The number of aliphatic hydroxyl groups excluding tert-OH is 7. The highest BCUT2D eigenvalue weighted by molar-refractivity contribution is 5.82. The second kappa shape index (κ2) is 37.2. The molecule has 494 valence electrons. The minimum Gasteiger partial charge on any atom is -0.463 e. The van der Waals surface area contributed by atoms with E-state index in [-0.39, 0.29) is 20.5 Å². The van der Waals surface area contributed by atoms with Gasteiger partial charge >= 0.3 is 53.7 Å². The van der Waals surface area contributed by atoms with E-state index in [0.717, 1.165) is 64.3 Å². The molecule has 0 aromatic rings. The van der Waals surface area contributed by atoms with E-state index in [1.165, 1.54) is 33.8 Å². The van der Waals surface area contributed by atoms with Gasteiger partial charge in [0.2, 0.25) is 18.4 Å². The Morgan fingerprint density at radius 1 is 0.425 bits per heavy atom. The highest BCUT2D eigenvalue weighted by Gasteiger charge is 2.59. The van der Waals surface area contributed by atoms with Gasteiger partial charge in [-0.3, -0.25) is 52.7 Å². The lowest BCUT2D eigenvalue weighted by molar-refractivity contribution is -0.350. The maximum Gasteiger partial charge on any atom is 0.310 e. The molecule has 0 aromatic heterocycles. The number of hydrogen-bond acceptors (Lipinski definition) is 32. The first-order valence-corrected chi connectivity index (χ1v) is 26.2. The number of carbonyl (C=O) groups excluding carboxylic acids is 11. The molecule has 2 amide bonds. The summed E-state index contributed by atoms with van der Waals surface area (Å²) in [5.74, 6) is -8.24. The van der Waals surface area contributed by atoms with Gasteiger partial charge in [0.1, 0.15) is 80.4 Å². The summed E-state index contributed by atoms with van der Waals surface area (Å²) >= 11 is 0. The highest BCUT2D eigenvalue weighted by atomic mass is 16.8. The van der Waals surface area contributed by atoms with Gasteiger partial charge in [-0.1, -0.05) is 13.5 Å². The van der Waals surface area contributed by atoms with E-state index in [0.29, 0.717) is 0 Å². The van der Waals surface area contributed by atoms with Crippen LogP contribution in [0.15, 0.2) is 18.7 Å². The smallest absolute Gasteiger partial charge is 0.310 e. The second-order valence-electron chi connectivity index (χ2n) is 19.2. The summed E-state index contributed by atoms with van der Waals surface area (Å²) in [4.78, 5) is 132. The third-order valence-electron chi connectivity index (χ3n) is 12.2. The molecule has 4 heterocycles. The molecule has 0 saturated carbocycles. The Hall–Kier alpha value is -6.76. The molecule has 7 N–H and O–H groups in total. The molecular formula is C53H81N2O32+. The Bertz CT molecular complexity index is 2340. The van der Waals surface area contributed by atoms with Crippen LogP contribution in [-0.2, 0) is 119 Å². The van der Waals surface area contributed by atoms with Crippen LogP contribution in [0.4, 0.5) is 0 Å². The third kappa shape index (κ3) is 23.7. The fourth-order valence-electron chi connectivity index (χ4n) is 8.85. The van der Waals surface area contributed by atoms with Gasteiger partial charge in [-0.15, -0.1) is 6.58 Å².